The Labute approximate surface area is 105 Å². The lowest BCUT2D eigenvalue weighted by atomic mass is 9.69. The molecule has 2 rings (SSSR count). The lowest BCUT2D eigenvalue weighted by molar-refractivity contribution is 0.0956. The van der Waals surface area contributed by atoms with Gasteiger partial charge >= 0.3 is 0 Å². The molecule has 0 heterocycles. The largest absolute Gasteiger partial charge is 0.395 e. The van der Waals surface area contributed by atoms with Crippen LogP contribution in [-0.4, -0.2) is 37.5 Å². The second-order valence-electron chi connectivity index (χ2n) is 5.82. The highest BCUT2D eigenvalue weighted by Crippen LogP contribution is 2.40. The molecule has 4 unspecified atom stereocenters. The summed E-state index contributed by atoms with van der Waals surface area (Å²) in [5, 5.41) is 12.8. The number of rotatable bonds is 5. The molecule has 0 aliphatic heterocycles. The van der Waals surface area contributed by atoms with Crippen LogP contribution in [0.15, 0.2) is 0 Å². The summed E-state index contributed by atoms with van der Waals surface area (Å²) in [6.07, 6.45) is 9.73. The molecule has 2 aliphatic rings. The molecule has 0 radical (unpaired) electrons. The van der Waals surface area contributed by atoms with Gasteiger partial charge in [-0.1, -0.05) is 25.7 Å². The summed E-state index contributed by atoms with van der Waals surface area (Å²) in [4.78, 5) is 0. The third-order valence-corrected chi connectivity index (χ3v) is 4.60. The fourth-order valence-electron chi connectivity index (χ4n) is 3.71. The number of aliphatic hydroxyl groups excluding tert-OH is 1. The Morgan fingerprint density at radius 2 is 1.94 bits per heavy atom. The van der Waals surface area contributed by atoms with E-state index >= 15 is 0 Å². The maximum Gasteiger partial charge on any atom is 0.0638 e. The van der Waals surface area contributed by atoms with Gasteiger partial charge in [-0.05, 0) is 31.1 Å². The van der Waals surface area contributed by atoms with Gasteiger partial charge in [0.05, 0.1) is 19.3 Å². The van der Waals surface area contributed by atoms with Crippen molar-refractivity contribution in [1.82, 2.24) is 5.32 Å². The second-order valence-corrected chi connectivity index (χ2v) is 5.82. The van der Waals surface area contributed by atoms with E-state index in [-0.39, 0.29) is 12.6 Å². The SMILES string of the molecule is COCC(CO)NC1CCC2CCCCC2C1. The summed E-state index contributed by atoms with van der Waals surface area (Å²) < 4.78 is 5.12. The number of hydrogen-bond donors (Lipinski definition) is 2. The first-order chi connectivity index (χ1) is 8.33. The highest BCUT2D eigenvalue weighted by Gasteiger charge is 2.32. The number of methoxy groups -OCH3 is 1. The van der Waals surface area contributed by atoms with E-state index in [4.69, 9.17) is 4.74 Å². The summed E-state index contributed by atoms with van der Waals surface area (Å²) in [7, 11) is 1.70. The van der Waals surface area contributed by atoms with E-state index in [1.165, 1.54) is 44.9 Å². The van der Waals surface area contributed by atoms with Gasteiger partial charge in [0.1, 0.15) is 0 Å². The molecule has 2 saturated carbocycles. The third kappa shape index (κ3) is 3.67. The van der Waals surface area contributed by atoms with Crippen molar-refractivity contribution in [3.63, 3.8) is 0 Å². The van der Waals surface area contributed by atoms with Gasteiger partial charge in [-0.15, -0.1) is 0 Å². The fraction of sp³-hybridized carbons (Fsp3) is 1.00. The fourth-order valence-corrected chi connectivity index (χ4v) is 3.71. The van der Waals surface area contributed by atoms with Crippen LogP contribution < -0.4 is 5.32 Å². The smallest absolute Gasteiger partial charge is 0.0638 e. The molecule has 2 aliphatic carbocycles. The monoisotopic (exact) mass is 241 g/mol. The Hall–Kier alpha value is -0.120. The Kier molecular flexibility index (Phi) is 5.26. The average molecular weight is 241 g/mol. The zero-order valence-corrected chi connectivity index (χ0v) is 11.0. The van der Waals surface area contributed by atoms with Crippen molar-refractivity contribution < 1.29 is 9.84 Å². The first kappa shape index (κ1) is 13.3. The molecule has 100 valence electrons. The molecule has 2 fully saturated rings. The summed E-state index contributed by atoms with van der Waals surface area (Å²) in [5.74, 6) is 1.94. The molecule has 3 heteroatoms. The van der Waals surface area contributed by atoms with Gasteiger partial charge < -0.3 is 15.2 Å². The van der Waals surface area contributed by atoms with Gasteiger partial charge in [0.25, 0.3) is 0 Å². The molecule has 3 nitrogen and oxygen atoms in total. The summed E-state index contributed by atoms with van der Waals surface area (Å²) in [6.45, 7) is 0.791. The average Bonchev–Trinajstić information content (AvgIpc) is 2.38. The van der Waals surface area contributed by atoms with Crippen molar-refractivity contribution >= 4 is 0 Å². The summed E-state index contributed by atoms with van der Waals surface area (Å²) in [5.41, 5.74) is 0. The minimum atomic E-state index is 0.116. The topological polar surface area (TPSA) is 41.5 Å². The molecule has 17 heavy (non-hydrogen) atoms. The summed E-state index contributed by atoms with van der Waals surface area (Å²) in [6, 6.07) is 0.715. The molecule has 0 saturated heterocycles. The van der Waals surface area contributed by atoms with Crippen LogP contribution in [0.1, 0.15) is 44.9 Å². The second kappa shape index (κ2) is 6.72. The van der Waals surface area contributed by atoms with Gasteiger partial charge in [-0.25, -0.2) is 0 Å². The van der Waals surface area contributed by atoms with Gasteiger partial charge in [0.15, 0.2) is 0 Å². The quantitative estimate of drug-likeness (QED) is 0.773. The Balaban J connectivity index is 1.78. The number of aliphatic hydroxyl groups is 1. The first-order valence-electron chi connectivity index (χ1n) is 7.19. The number of nitrogens with one attached hydrogen (secondary N) is 1. The van der Waals surface area contributed by atoms with E-state index in [1.54, 1.807) is 7.11 Å². The molecule has 0 aromatic heterocycles. The predicted octanol–water partition coefficient (Wildman–Crippen LogP) is 1.94. The van der Waals surface area contributed by atoms with Crippen LogP contribution in [0.3, 0.4) is 0 Å². The van der Waals surface area contributed by atoms with Crippen molar-refractivity contribution in [3.05, 3.63) is 0 Å². The zero-order chi connectivity index (χ0) is 12.1. The molecular weight excluding hydrogens is 214 g/mol. The first-order valence-corrected chi connectivity index (χ1v) is 7.19. The van der Waals surface area contributed by atoms with Gasteiger partial charge in [-0.2, -0.15) is 0 Å². The number of fused-ring (bicyclic) bond motifs is 1. The van der Waals surface area contributed by atoms with Crippen LogP contribution in [-0.2, 0) is 4.74 Å². The maximum absolute atomic E-state index is 9.28. The van der Waals surface area contributed by atoms with Crippen molar-refractivity contribution in [2.75, 3.05) is 20.3 Å². The van der Waals surface area contributed by atoms with Gasteiger partial charge in [-0.3, -0.25) is 0 Å². The molecule has 0 amide bonds. The van der Waals surface area contributed by atoms with Crippen molar-refractivity contribution in [1.29, 1.82) is 0 Å². The Morgan fingerprint density at radius 3 is 2.65 bits per heavy atom. The predicted molar refractivity (Wildman–Crippen MR) is 69.0 cm³/mol. The molecule has 4 atom stereocenters. The van der Waals surface area contributed by atoms with E-state index in [2.05, 4.69) is 5.32 Å². The van der Waals surface area contributed by atoms with Crippen LogP contribution in [0, 0.1) is 11.8 Å². The van der Waals surface area contributed by atoms with Crippen molar-refractivity contribution in [2.45, 2.75) is 57.0 Å². The number of hydrogen-bond acceptors (Lipinski definition) is 3. The highest BCUT2D eigenvalue weighted by atomic mass is 16.5. The lowest BCUT2D eigenvalue weighted by Crippen LogP contribution is -2.46. The highest BCUT2D eigenvalue weighted by molar-refractivity contribution is 4.87. The van der Waals surface area contributed by atoms with E-state index in [0.29, 0.717) is 12.6 Å². The standard InChI is InChI=1S/C14H27NO2/c1-17-10-14(9-16)15-13-7-6-11-4-2-3-5-12(11)8-13/h11-16H,2-10H2,1H3. The van der Waals surface area contributed by atoms with Crippen LogP contribution >= 0.6 is 0 Å². The number of ether oxygens (including phenoxy) is 1. The normalized spacial score (nSPS) is 35.3. The van der Waals surface area contributed by atoms with E-state index < -0.39 is 0 Å². The van der Waals surface area contributed by atoms with E-state index in [1.807, 2.05) is 0 Å². The van der Waals surface area contributed by atoms with Gasteiger partial charge in [0.2, 0.25) is 0 Å². The molecule has 0 bridgehead atoms. The molecular formula is C14H27NO2. The Morgan fingerprint density at radius 1 is 1.18 bits per heavy atom. The van der Waals surface area contributed by atoms with Crippen LogP contribution in [0.4, 0.5) is 0 Å². The van der Waals surface area contributed by atoms with Crippen LogP contribution in [0.5, 0.6) is 0 Å². The zero-order valence-electron chi connectivity index (χ0n) is 11.0. The molecule has 2 N–H and O–H groups in total. The molecule has 0 aromatic carbocycles. The molecule has 0 aromatic rings. The third-order valence-electron chi connectivity index (χ3n) is 4.60. The van der Waals surface area contributed by atoms with Crippen LogP contribution in [0.2, 0.25) is 0 Å². The minimum absolute atomic E-state index is 0.116. The van der Waals surface area contributed by atoms with Crippen molar-refractivity contribution in [3.8, 4) is 0 Å². The van der Waals surface area contributed by atoms with Gasteiger partial charge in [0, 0.05) is 13.2 Å². The lowest BCUT2D eigenvalue weighted by Gasteiger charge is -2.40. The van der Waals surface area contributed by atoms with E-state index in [0.717, 1.165) is 11.8 Å². The summed E-state index contributed by atoms with van der Waals surface area (Å²) >= 11 is 0. The van der Waals surface area contributed by atoms with Crippen molar-refractivity contribution in [2.24, 2.45) is 11.8 Å². The molecule has 0 spiro atoms. The minimum Gasteiger partial charge on any atom is -0.395 e. The van der Waals surface area contributed by atoms with Crippen LogP contribution in [0.25, 0.3) is 0 Å². The maximum atomic E-state index is 9.28. The Bertz CT molecular complexity index is 220. The van der Waals surface area contributed by atoms with E-state index in [9.17, 15) is 5.11 Å².